The summed E-state index contributed by atoms with van der Waals surface area (Å²) in [4.78, 5) is 5.18. The van der Waals surface area contributed by atoms with Gasteiger partial charge >= 0.3 is 0 Å². The molecule has 7 heteroatoms. The molecule has 0 bridgehead atoms. The van der Waals surface area contributed by atoms with E-state index in [0.29, 0.717) is 5.56 Å². The highest BCUT2D eigenvalue weighted by atomic mass is 32.2. The van der Waals surface area contributed by atoms with E-state index in [4.69, 9.17) is 5.73 Å². The molecule has 21 heavy (non-hydrogen) atoms. The second kappa shape index (κ2) is 6.83. The molecule has 0 aliphatic heterocycles. The average molecular weight is 321 g/mol. The van der Waals surface area contributed by atoms with Crippen molar-refractivity contribution in [2.45, 2.75) is 18.4 Å². The average Bonchev–Trinajstić information content (AvgIpc) is 2.89. The standard InChI is InChI=1S/C14H15N3O2S2/c1-11-14(20-10-16-11)9-17-21(18,19)13-6-2-4-12(8-13)5-3-7-15/h2,4,6,8,10,17H,7,9,15H2,1H3. The minimum atomic E-state index is -3.57. The normalized spacial score (nSPS) is 11.0. The largest absolute Gasteiger partial charge is 0.320 e. The Hall–Kier alpha value is -1.72. The maximum Gasteiger partial charge on any atom is 0.240 e. The van der Waals surface area contributed by atoms with Gasteiger partial charge in [0.15, 0.2) is 0 Å². The number of nitrogens with one attached hydrogen (secondary N) is 1. The van der Waals surface area contributed by atoms with Crippen molar-refractivity contribution in [3.05, 3.63) is 45.9 Å². The van der Waals surface area contributed by atoms with E-state index >= 15 is 0 Å². The molecule has 0 spiro atoms. The van der Waals surface area contributed by atoms with Crippen molar-refractivity contribution in [1.29, 1.82) is 0 Å². The lowest BCUT2D eigenvalue weighted by Crippen LogP contribution is -2.23. The summed E-state index contributed by atoms with van der Waals surface area (Å²) in [6, 6.07) is 6.47. The number of hydrogen-bond acceptors (Lipinski definition) is 5. The first-order chi connectivity index (χ1) is 10.0. The maximum absolute atomic E-state index is 12.3. The molecule has 1 heterocycles. The van der Waals surface area contributed by atoms with Gasteiger partial charge in [-0.3, -0.25) is 0 Å². The summed E-state index contributed by atoms with van der Waals surface area (Å²) in [5, 5.41) is 0. The summed E-state index contributed by atoms with van der Waals surface area (Å²) in [5.41, 5.74) is 8.46. The quantitative estimate of drug-likeness (QED) is 0.830. The van der Waals surface area contributed by atoms with Crippen molar-refractivity contribution >= 4 is 21.4 Å². The molecule has 3 N–H and O–H groups in total. The Morgan fingerprint density at radius 1 is 1.43 bits per heavy atom. The summed E-state index contributed by atoms with van der Waals surface area (Å²) >= 11 is 1.43. The number of thiazole rings is 1. The fraction of sp³-hybridized carbons (Fsp3) is 0.214. The first-order valence-electron chi connectivity index (χ1n) is 6.20. The molecule has 0 radical (unpaired) electrons. The van der Waals surface area contributed by atoms with Crippen LogP contribution in [0.15, 0.2) is 34.7 Å². The highest BCUT2D eigenvalue weighted by Crippen LogP contribution is 2.15. The fourth-order valence-electron chi connectivity index (χ4n) is 1.63. The van der Waals surface area contributed by atoms with E-state index in [9.17, 15) is 8.42 Å². The lowest BCUT2D eigenvalue weighted by molar-refractivity contribution is 0.581. The van der Waals surface area contributed by atoms with Crippen LogP contribution in [0.3, 0.4) is 0 Å². The first-order valence-corrected chi connectivity index (χ1v) is 8.57. The number of nitrogens with two attached hydrogens (primary N) is 1. The number of aryl methyl sites for hydroxylation is 1. The van der Waals surface area contributed by atoms with Gasteiger partial charge in [0.25, 0.3) is 0 Å². The van der Waals surface area contributed by atoms with E-state index < -0.39 is 10.0 Å². The molecule has 0 aliphatic carbocycles. The van der Waals surface area contributed by atoms with Crippen LogP contribution in [0.4, 0.5) is 0 Å². The Morgan fingerprint density at radius 2 is 2.24 bits per heavy atom. The monoisotopic (exact) mass is 321 g/mol. The number of rotatable bonds is 4. The van der Waals surface area contributed by atoms with Crippen molar-refractivity contribution in [2.75, 3.05) is 6.54 Å². The Balaban J connectivity index is 2.17. The van der Waals surface area contributed by atoms with E-state index in [1.807, 2.05) is 6.92 Å². The summed E-state index contributed by atoms with van der Waals surface area (Å²) in [6.07, 6.45) is 0. The number of hydrogen-bond donors (Lipinski definition) is 2. The van der Waals surface area contributed by atoms with Gasteiger partial charge in [-0.05, 0) is 25.1 Å². The van der Waals surface area contributed by atoms with Gasteiger partial charge in [0, 0.05) is 17.0 Å². The van der Waals surface area contributed by atoms with E-state index in [1.165, 1.54) is 23.5 Å². The molecule has 0 atom stereocenters. The Bertz CT molecular complexity index is 786. The van der Waals surface area contributed by atoms with Gasteiger partial charge in [-0.1, -0.05) is 17.9 Å². The van der Waals surface area contributed by atoms with Crippen LogP contribution in [-0.4, -0.2) is 19.9 Å². The maximum atomic E-state index is 12.3. The first kappa shape index (κ1) is 15.7. The predicted octanol–water partition coefficient (Wildman–Crippen LogP) is 1.24. The molecular weight excluding hydrogens is 306 g/mol. The Morgan fingerprint density at radius 3 is 2.90 bits per heavy atom. The van der Waals surface area contributed by atoms with E-state index in [-0.39, 0.29) is 18.0 Å². The topological polar surface area (TPSA) is 85.1 Å². The number of sulfonamides is 1. The Kier molecular flexibility index (Phi) is 5.09. The molecule has 0 saturated carbocycles. The third kappa shape index (κ3) is 4.12. The van der Waals surface area contributed by atoms with Gasteiger partial charge in [-0.15, -0.1) is 11.3 Å². The van der Waals surface area contributed by atoms with Crippen molar-refractivity contribution in [1.82, 2.24) is 9.71 Å². The second-order valence-corrected chi connectivity index (χ2v) is 6.93. The highest BCUT2D eigenvalue weighted by Gasteiger charge is 2.15. The van der Waals surface area contributed by atoms with Gasteiger partial charge in [-0.2, -0.15) is 0 Å². The predicted molar refractivity (Wildman–Crippen MR) is 83.3 cm³/mol. The molecule has 2 rings (SSSR count). The van der Waals surface area contributed by atoms with E-state index in [2.05, 4.69) is 21.5 Å². The third-order valence-corrected chi connectivity index (χ3v) is 5.08. The summed E-state index contributed by atoms with van der Waals surface area (Å²) in [7, 11) is -3.57. The van der Waals surface area contributed by atoms with Crippen molar-refractivity contribution in [2.24, 2.45) is 5.73 Å². The molecule has 110 valence electrons. The second-order valence-electron chi connectivity index (χ2n) is 4.22. The van der Waals surface area contributed by atoms with Gasteiger partial charge in [0.2, 0.25) is 10.0 Å². The third-order valence-electron chi connectivity index (χ3n) is 2.75. The van der Waals surface area contributed by atoms with Crippen LogP contribution < -0.4 is 10.5 Å². The number of benzene rings is 1. The van der Waals surface area contributed by atoms with Gasteiger partial charge in [0.1, 0.15) is 0 Å². The van der Waals surface area contributed by atoms with Crippen LogP contribution >= 0.6 is 11.3 Å². The Labute approximate surface area is 128 Å². The van der Waals surface area contributed by atoms with Crippen LogP contribution in [-0.2, 0) is 16.6 Å². The highest BCUT2D eigenvalue weighted by molar-refractivity contribution is 7.89. The van der Waals surface area contributed by atoms with Crippen LogP contribution in [0.2, 0.25) is 0 Å². The smallest absolute Gasteiger partial charge is 0.240 e. The fourth-order valence-corrected chi connectivity index (χ4v) is 3.48. The minimum absolute atomic E-state index is 0.188. The summed E-state index contributed by atoms with van der Waals surface area (Å²) < 4.78 is 27.1. The van der Waals surface area contributed by atoms with E-state index in [1.54, 1.807) is 17.6 Å². The van der Waals surface area contributed by atoms with Gasteiger partial charge in [0.05, 0.1) is 22.6 Å². The molecule has 1 aromatic carbocycles. The van der Waals surface area contributed by atoms with Gasteiger partial charge in [-0.25, -0.2) is 18.1 Å². The van der Waals surface area contributed by atoms with Crippen LogP contribution in [0, 0.1) is 18.8 Å². The molecular formula is C14H15N3O2S2. The molecule has 2 aromatic rings. The molecule has 0 saturated heterocycles. The molecule has 5 nitrogen and oxygen atoms in total. The molecule has 0 aliphatic rings. The summed E-state index contributed by atoms with van der Waals surface area (Å²) in [5.74, 6) is 5.52. The zero-order valence-electron chi connectivity index (χ0n) is 11.5. The molecule has 0 fully saturated rings. The number of nitrogens with zero attached hydrogens (tertiary/aromatic N) is 1. The lowest BCUT2D eigenvalue weighted by atomic mass is 10.2. The molecule has 0 unspecified atom stereocenters. The van der Waals surface area contributed by atoms with E-state index in [0.717, 1.165) is 10.6 Å². The summed E-state index contributed by atoms with van der Waals surface area (Å²) in [6.45, 7) is 2.32. The zero-order valence-corrected chi connectivity index (χ0v) is 13.1. The van der Waals surface area contributed by atoms with Gasteiger partial charge < -0.3 is 5.73 Å². The molecule has 1 aromatic heterocycles. The zero-order chi connectivity index (χ0) is 15.3. The van der Waals surface area contributed by atoms with Crippen molar-refractivity contribution in [3.8, 4) is 11.8 Å². The number of aromatic nitrogens is 1. The lowest BCUT2D eigenvalue weighted by Gasteiger charge is -2.06. The van der Waals surface area contributed by atoms with Crippen LogP contribution in [0.1, 0.15) is 16.1 Å². The van der Waals surface area contributed by atoms with Crippen LogP contribution in [0.5, 0.6) is 0 Å². The van der Waals surface area contributed by atoms with Crippen LogP contribution in [0.25, 0.3) is 0 Å². The SMILES string of the molecule is Cc1ncsc1CNS(=O)(=O)c1cccc(C#CCN)c1. The minimum Gasteiger partial charge on any atom is -0.320 e. The van der Waals surface area contributed by atoms with Crippen molar-refractivity contribution < 1.29 is 8.42 Å². The van der Waals surface area contributed by atoms with Crippen molar-refractivity contribution in [3.63, 3.8) is 0 Å². The molecule has 0 amide bonds.